The maximum Gasteiger partial charge on any atom is 0.293 e. The summed E-state index contributed by atoms with van der Waals surface area (Å²) < 4.78 is 5.74. The topological polar surface area (TPSA) is 71.2 Å². The molecule has 5 nitrogen and oxygen atoms in total. The fourth-order valence-electron chi connectivity index (χ4n) is 3.44. The van der Waals surface area contributed by atoms with Gasteiger partial charge in [-0.05, 0) is 24.4 Å². The molecular weight excluding hydrogens is 376 g/mol. The second-order valence-electron chi connectivity index (χ2n) is 6.80. The van der Waals surface area contributed by atoms with Crippen LogP contribution in [0.3, 0.4) is 0 Å². The number of para-hydroxylation sites is 1. The number of fused-ring (bicyclic) bond motifs is 2. The van der Waals surface area contributed by atoms with Crippen LogP contribution in [-0.2, 0) is 4.79 Å². The number of aryl methyl sites for hydroxylation is 1. The number of hydrogen-bond acceptors (Lipinski definition) is 3. The van der Waals surface area contributed by atoms with Crippen molar-refractivity contribution in [3.8, 4) is 17.6 Å². The molecule has 0 aliphatic heterocycles. The van der Waals surface area contributed by atoms with Crippen molar-refractivity contribution in [2.45, 2.75) is 6.92 Å². The molecule has 4 aromatic rings. The average molecular weight is 396 g/mol. The number of rotatable bonds is 5. The van der Waals surface area contributed by atoms with Gasteiger partial charge in [-0.15, -0.1) is 0 Å². The van der Waals surface area contributed by atoms with Gasteiger partial charge in [-0.1, -0.05) is 66.4 Å². The summed E-state index contributed by atoms with van der Waals surface area (Å²) in [5, 5.41) is 5.42. The molecule has 1 heterocycles. The van der Waals surface area contributed by atoms with Crippen LogP contribution in [0.25, 0.3) is 21.7 Å². The molecule has 0 saturated heterocycles. The van der Waals surface area contributed by atoms with E-state index in [4.69, 9.17) is 4.74 Å². The molecule has 1 aromatic heterocycles. The summed E-state index contributed by atoms with van der Waals surface area (Å²) in [7, 11) is 0. The number of carbonyl (C=O) groups excluding carboxylic acids is 2. The molecule has 4 rings (SSSR count). The number of H-pyrrole nitrogens is 1. The molecule has 0 spiro atoms. The first-order valence-corrected chi connectivity index (χ1v) is 9.61. The van der Waals surface area contributed by atoms with Gasteiger partial charge in [0, 0.05) is 22.0 Å². The zero-order valence-corrected chi connectivity index (χ0v) is 16.5. The number of benzene rings is 3. The molecule has 0 saturated carbocycles. The average Bonchev–Trinajstić information content (AvgIpc) is 3.11. The first-order valence-electron chi connectivity index (χ1n) is 9.61. The van der Waals surface area contributed by atoms with E-state index >= 15 is 0 Å². The Morgan fingerprint density at radius 2 is 1.67 bits per heavy atom. The minimum Gasteiger partial charge on any atom is -0.480 e. The largest absolute Gasteiger partial charge is 0.480 e. The fourth-order valence-corrected chi connectivity index (χ4v) is 3.44. The van der Waals surface area contributed by atoms with Crippen LogP contribution in [0.4, 0.5) is 0 Å². The highest BCUT2D eigenvalue weighted by Crippen LogP contribution is 2.25. The second-order valence-corrected chi connectivity index (χ2v) is 6.80. The van der Waals surface area contributed by atoms with Gasteiger partial charge in [-0.25, -0.2) is 0 Å². The molecule has 30 heavy (non-hydrogen) atoms. The van der Waals surface area contributed by atoms with Gasteiger partial charge in [0.15, 0.2) is 0 Å². The Hall–Kier alpha value is -4.04. The zero-order chi connectivity index (χ0) is 20.9. The molecule has 0 bridgehead atoms. The van der Waals surface area contributed by atoms with Crippen molar-refractivity contribution in [2.24, 2.45) is 0 Å². The summed E-state index contributed by atoms with van der Waals surface area (Å²) in [6.45, 7) is 2.05. The van der Waals surface area contributed by atoms with Crippen LogP contribution in [0, 0.1) is 18.8 Å². The third-order valence-electron chi connectivity index (χ3n) is 4.84. The van der Waals surface area contributed by atoms with Crippen molar-refractivity contribution in [3.63, 3.8) is 0 Å². The van der Waals surface area contributed by atoms with Gasteiger partial charge in [0.25, 0.3) is 11.7 Å². The van der Waals surface area contributed by atoms with Crippen molar-refractivity contribution in [2.75, 3.05) is 13.2 Å². The van der Waals surface area contributed by atoms with Gasteiger partial charge < -0.3 is 15.0 Å². The van der Waals surface area contributed by atoms with Gasteiger partial charge in [0.1, 0.15) is 12.4 Å². The number of amides is 1. The molecule has 3 aromatic carbocycles. The highest BCUT2D eigenvalue weighted by Gasteiger charge is 2.21. The van der Waals surface area contributed by atoms with Gasteiger partial charge in [0.2, 0.25) is 0 Å². The predicted molar refractivity (Wildman–Crippen MR) is 118 cm³/mol. The molecule has 2 N–H and O–H groups in total. The van der Waals surface area contributed by atoms with Crippen molar-refractivity contribution < 1.29 is 14.3 Å². The summed E-state index contributed by atoms with van der Waals surface area (Å²) in [4.78, 5) is 28.0. The molecule has 0 aliphatic carbocycles. The van der Waals surface area contributed by atoms with E-state index in [9.17, 15) is 9.59 Å². The van der Waals surface area contributed by atoms with E-state index in [1.54, 1.807) is 6.92 Å². The molecule has 1 amide bonds. The number of aromatic nitrogens is 1. The maximum absolute atomic E-state index is 12.6. The summed E-state index contributed by atoms with van der Waals surface area (Å²) in [5.41, 5.74) is 1.90. The van der Waals surface area contributed by atoms with Crippen LogP contribution in [0.15, 0.2) is 66.7 Å². The number of ether oxygens (including phenoxy) is 1. The van der Waals surface area contributed by atoms with Crippen molar-refractivity contribution in [1.29, 1.82) is 0 Å². The quantitative estimate of drug-likeness (QED) is 0.304. The Balaban J connectivity index is 1.33. The number of aromatic amines is 1. The van der Waals surface area contributed by atoms with Gasteiger partial charge in [-0.3, -0.25) is 9.59 Å². The third-order valence-corrected chi connectivity index (χ3v) is 4.84. The van der Waals surface area contributed by atoms with Crippen LogP contribution in [-0.4, -0.2) is 29.8 Å². The predicted octanol–water partition coefficient (Wildman–Crippen LogP) is 4.01. The van der Waals surface area contributed by atoms with E-state index in [0.29, 0.717) is 11.3 Å². The molecular formula is C25H20N2O3. The fraction of sp³-hybridized carbons (Fsp3) is 0.120. The van der Waals surface area contributed by atoms with Crippen molar-refractivity contribution >= 4 is 33.4 Å². The van der Waals surface area contributed by atoms with E-state index < -0.39 is 11.7 Å². The Kier molecular flexibility index (Phi) is 5.49. The zero-order valence-electron chi connectivity index (χ0n) is 16.5. The molecule has 5 heteroatoms. The summed E-state index contributed by atoms with van der Waals surface area (Å²) in [5.74, 6) is 5.20. The lowest BCUT2D eigenvalue weighted by Crippen LogP contribution is -2.31. The Bertz CT molecular complexity index is 1300. The van der Waals surface area contributed by atoms with Crippen LogP contribution in [0.1, 0.15) is 16.1 Å². The van der Waals surface area contributed by atoms with E-state index in [1.807, 2.05) is 66.7 Å². The summed E-state index contributed by atoms with van der Waals surface area (Å²) >= 11 is 0. The molecule has 148 valence electrons. The highest BCUT2D eigenvalue weighted by molar-refractivity contribution is 6.45. The summed E-state index contributed by atoms with van der Waals surface area (Å²) in [6.07, 6.45) is 0. The van der Waals surface area contributed by atoms with E-state index in [2.05, 4.69) is 22.1 Å². The molecule has 0 fully saturated rings. The first-order chi connectivity index (χ1) is 14.6. The monoisotopic (exact) mass is 396 g/mol. The Morgan fingerprint density at radius 3 is 2.53 bits per heavy atom. The lowest BCUT2D eigenvalue weighted by atomic mass is 10.1. The Labute approximate surface area is 174 Å². The maximum atomic E-state index is 12.6. The van der Waals surface area contributed by atoms with Crippen LogP contribution in [0.5, 0.6) is 5.75 Å². The molecule has 0 unspecified atom stereocenters. The lowest BCUT2D eigenvalue weighted by Gasteiger charge is -2.06. The minimum atomic E-state index is -0.674. The van der Waals surface area contributed by atoms with Gasteiger partial charge >= 0.3 is 0 Å². The van der Waals surface area contributed by atoms with Crippen LogP contribution < -0.4 is 10.1 Å². The number of hydrogen-bond donors (Lipinski definition) is 2. The first kappa shape index (κ1) is 19.3. The number of nitrogens with one attached hydrogen (secondary N) is 2. The molecule has 0 radical (unpaired) electrons. The number of carbonyl (C=O) groups is 2. The minimum absolute atomic E-state index is 0.0743. The van der Waals surface area contributed by atoms with Gasteiger partial charge in [0.05, 0.1) is 12.1 Å². The van der Waals surface area contributed by atoms with Crippen molar-refractivity contribution in [1.82, 2.24) is 10.3 Å². The highest BCUT2D eigenvalue weighted by atomic mass is 16.5. The van der Waals surface area contributed by atoms with Crippen molar-refractivity contribution in [3.05, 3.63) is 78.0 Å². The van der Waals surface area contributed by atoms with Gasteiger partial charge in [-0.2, -0.15) is 0 Å². The normalized spacial score (nSPS) is 10.4. The second kappa shape index (κ2) is 8.54. The SMILES string of the molecule is Cc1[nH]c2ccccc2c1C(=O)C(=O)NCC#CCOc1cccc2ccccc12. The standard InChI is InChI=1S/C25H20N2O3/c1-17-23(20-12-4-5-13-21(20)27-17)24(28)25(29)26-15-6-7-16-30-22-14-8-10-18-9-2-3-11-19(18)22/h2-5,8-14,27H,15-16H2,1H3,(H,26,29). The van der Waals surface area contributed by atoms with Crippen LogP contribution >= 0.6 is 0 Å². The molecule has 0 atom stereocenters. The van der Waals surface area contributed by atoms with Crippen LogP contribution in [0.2, 0.25) is 0 Å². The molecule has 0 aliphatic rings. The van der Waals surface area contributed by atoms with E-state index in [1.165, 1.54) is 0 Å². The number of Topliss-reactive ketones (excluding diaryl/α,β-unsaturated/α-hetero) is 1. The van der Waals surface area contributed by atoms with E-state index in [0.717, 1.165) is 27.4 Å². The Morgan fingerprint density at radius 1 is 0.933 bits per heavy atom. The summed E-state index contributed by atoms with van der Waals surface area (Å²) in [6, 6.07) is 21.2. The van der Waals surface area contributed by atoms with E-state index in [-0.39, 0.29) is 13.2 Å². The number of ketones is 1. The smallest absolute Gasteiger partial charge is 0.293 e. The third kappa shape index (κ3) is 3.89. The lowest BCUT2D eigenvalue weighted by molar-refractivity contribution is -0.116.